The number of hydrogen-bond acceptors (Lipinski definition) is 2. The van der Waals surface area contributed by atoms with Gasteiger partial charge in [0.1, 0.15) is 0 Å². The third-order valence-corrected chi connectivity index (χ3v) is 6.49. The fourth-order valence-corrected chi connectivity index (χ4v) is 3.86. The first-order valence-electron chi connectivity index (χ1n) is 5.37. The zero-order valence-corrected chi connectivity index (χ0v) is 12.1. The van der Waals surface area contributed by atoms with Crippen LogP contribution in [0.4, 0.5) is 5.69 Å². The Morgan fingerprint density at radius 3 is 2.25 bits per heavy atom. The fourth-order valence-electron chi connectivity index (χ4n) is 1.14. The number of anilines is 1. The average molecular weight is 253 g/mol. The summed E-state index contributed by atoms with van der Waals surface area (Å²) in [6, 6.07) is 8.04. The first-order chi connectivity index (χ1) is 7.37. The Morgan fingerprint density at radius 1 is 1.25 bits per heavy atom. The minimum absolute atomic E-state index is 0.0255. The molecule has 2 nitrogen and oxygen atoms in total. The second-order valence-corrected chi connectivity index (χ2v) is 12.1. The van der Waals surface area contributed by atoms with Gasteiger partial charge >= 0.3 is 0 Å². The second kappa shape index (κ2) is 5.55. The van der Waals surface area contributed by atoms with Gasteiger partial charge in [-0.15, -0.1) is 11.8 Å². The Bertz CT molecular complexity index is 356. The number of carbonyl (C=O) groups is 1. The summed E-state index contributed by atoms with van der Waals surface area (Å²) in [6.45, 7) is 8.62. The lowest BCUT2D eigenvalue weighted by Gasteiger charge is -2.14. The number of thioether (sulfide) groups is 1. The van der Waals surface area contributed by atoms with Crippen molar-refractivity contribution in [2.24, 2.45) is 0 Å². The predicted octanol–water partition coefficient (Wildman–Crippen LogP) is 3.61. The summed E-state index contributed by atoms with van der Waals surface area (Å²) in [5.41, 5.74) is 0.866. The molecule has 0 heterocycles. The molecule has 1 N–H and O–H groups in total. The van der Waals surface area contributed by atoms with Crippen LogP contribution in [0.1, 0.15) is 6.92 Å². The maximum atomic E-state index is 10.8. The van der Waals surface area contributed by atoms with Gasteiger partial charge in [-0.05, 0) is 29.6 Å². The Labute approximate surface area is 103 Å². The molecule has 16 heavy (non-hydrogen) atoms. The molecular formula is C12H19NOSSi. The minimum Gasteiger partial charge on any atom is -0.326 e. The highest BCUT2D eigenvalue weighted by Gasteiger charge is 2.12. The van der Waals surface area contributed by atoms with Crippen LogP contribution in [0.5, 0.6) is 0 Å². The lowest BCUT2D eigenvalue weighted by molar-refractivity contribution is -0.114. The maximum Gasteiger partial charge on any atom is 0.221 e. The Morgan fingerprint density at radius 2 is 1.81 bits per heavy atom. The number of nitrogens with one attached hydrogen (secondary N) is 1. The summed E-state index contributed by atoms with van der Waals surface area (Å²) in [6.07, 6.45) is 0. The van der Waals surface area contributed by atoms with E-state index in [2.05, 4.69) is 37.1 Å². The minimum atomic E-state index is -0.987. The maximum absolute atomic E-state index is 10.8. The molecule has 0 aliphatic rings. The van der Waals surface area contributed by atoms with Crippen LogP contribution in [-0.4, -0.2) is 19.4 Å². The van der Waals surface area contributed by atoms with Crippen LogP contribution in [0.25, 0.3) is 0 Å². The van der Waals surface area contributed by atoms with Crippen molar-refractivity contribution in [3.63, 3.8) is 0 Å². The second-order valence-electron chi connectivity index (χ2n) is 5.05. The molecule has 0 saturated heterocycles. The van der Waals surface area contributed by atoms with Crippen LogP contribution in [0.2, 0.25) is 19.6 Å². The van der Waals surface area contributed by atoms with Crippen molar-refractivity contribution in [3.05, 3.63) is 24.3 Å². The molecular weight excluding hydrogens is 234 g/mol. The van der Waals surface area contributed by atoms with Gasteiger partial charge in [0.15, 0.2) is 0 Å². The zero-order valence-electron chi connectivity index (χ0n) is 10.3. The van der Waals surface area contributed by atoms with Gasteiger partial charge in [-0.1, -0.05) is 19.6 Å². The number of hydrogen-bond donors (Lipinski definition) is 1. The van der Waals surface area contributed by atoms with Gasteiger partial charge in [0, 0.05) is 17.5 Å². The van der Waals surface area contributed by atoms with E-state index in [1.54, 1.807) is 0 Å². The van der Waals surface area contributed by atoms with Crippen LogP contribution in [-0.2, 0) is 4.79 Å². The van der Waals surface area contributed by atoms with E-state index in [4.69, 9.17) is 0 Å². The van der Waals surface area contributed by atoms with E-state index in [9.17, 15) is 4.79 Å². The van der Waals surface area contributed by atoms with Gasteiger partial charge in [0.2, 0.25) is 5.91 Å². The van der Waals surface area contributed by atoms with Crippen LogP contribution >= 0.6 is 11.8 Å². The standard InChI is InChI=1S/C12H19NOSSi/c1-10(14)13-11-5-7-12(8-6-11)15-9-16(2,3)4/h5-8H,9H2,1-4H3,(H,13,14). The molecule has 4 heteroatoms. The van der Waals surface area contributed by atoms with Crippen LogP contribution < -0.4 is 5.32 Å². The van der Waals surface area contributed by atoms with E-state index in [0.717, 1.165) is 5.69 Å². The molecule has 1 aromatic rings. The molecule has 0 aliphatic carbocycles. The molecule has 0 radical (unpaired) electrons. The summed E-state index contributed by atoms with van der Waals surface area (Å²) >= 11 is 1.90. The van der Waals surface area contributed by atoms with E-state index in [1.807, 2.05) is 23.9 Å². The SMILES string of the molecule is CC(=O)Nc1ccc(SC[Si](C)(C)C)cc1. The van der Waals surface area contributed by atoms with Gasteiger partial charge in [-0.2, -0.15) is 0 Å². The Balaban J connectivity index is 2.55. The van der Waals surface area contributed by atoms with E-state index in [0.29, 0.717) is 0 Å². The highest BCUT2D eigenvalue weighted by molar-refractivity contribution is 8.01. The van der Waals surface area contributed by atoms with E-state index >= 15 is 0 Å². The van der Waals surface area contributed by atoms with Gasteiger partial charge in [0.25, 0.3) is 0 Å². The van der Waals surface area contributed by atoms with Crippen molar-refractivity contribution in [1.29, 1.82) is 0 Å². The molecule has 1 rings (SSSR count). The highest BCUT2D eigenvalue weighted by Crippen LogP contribution is 2.23. The van der Waals surface area contributed by atoms with Gasteiger partial charge in [-0.25, -0.2) is 0 Å². The molecule has 0 spiro atoms. The van der Waals surface area contributed by atoms with Crippen LogP contribution in [0.3, 0.4) is 0 Å². The van der Waals surface area contributed by atoms with Crippen LogP contribution in [0.15, 0.2) is 29.2 Å². The van der Waals surface area contributed by atoms with Gasteiger partial charge < -0.3 is 5.32 Å². The fraction of sp³-hybridized carbons (Fsp3) is 0.417. The molecule has 0 aliphatic heterocycles. The molecule has 0 saturated carbocycles. The zero-order chi connectivity index (χ0) is 12.2. The van der Waals surface area contributed by atoms with Crippen molar-refractivity contribution in [2.45, 2.75) is 31.5 Å². The summed E-state index contributed by atoms with van der Waals surface area (Å²) in [4.78, 5) is 12.1. The topological polar surface area (TPSA) is 29.1 Å². The average Bonchev–Trinajstić information content (AvgIpc) is 2.14. The number of amides is 1. The highest BCUT2D eigenvalue weighted by atomic mass is 32.2. The smallest absolute Gasteiger partial charge is 0.221 e. The molecule has 0 aromatic heterocycles. The number of benzene rings is 1. The monoisotopic (exact) mass is 253 g/mol. The van der Waals surface area contributed by atoms with E-state index in [1.165, 1.54) is 17.2 Å². The van der Waals surface area contributed by atoms with E-state index < -0.39 is 8.07 Å². The first kappa shape index (κ1) is 13.3. The third-order valence-electron chi connectivity index (χ3n) is 1.85. The van der Waals surface area contributed by atoms with Crippen molar-refractivity contribution in [1.82, 2.24) is 0 Å². The molecule has 0 bridgehead atoms. The van der Waals surface area contributed by atoms with Gasteiger partial charge in [0.05, 0.1) is 8.07 Å². The molecule has 0 unspecified atom stereocenters. The lowest BCUT2D eigenvalue weighted by atomic mass is 10.3. The van der Waals surface area contributed by atoms with Crippen molar-refractivity contribution < 1.29 is 4.79 Å². The molecule has 1 aromatic carbocycles. The van der Waals surface area contributed by atoms with E-state index in [-0.39, 0.29) is 5.91 Å². The molecule has 0 fully saturated rings. The summed E-state index contributed by atoms with van der Waals surface area (Å²) < 4.78 is 0. The molecule has 0 atom stereocenters. The normalized spacial score (nSPS) is 11.2. The van der Waals surface area contributed by atoms with Crippen molar-refractivity contribution >= 4 is 31.4 Å². The quantitative estimate of drug-likeness (QED) is 0.656. The van der Waals surface area contributed by atoms with Crippen molar-refractivity contribution in [2.75, 3.05) is 10.7 Å². The summed E-state index contributed by atoms with van der Waals surface area (Å²) in [5, 5.41) is 3.99. The first-order valence-corrected chi connectivity index (χ1v) is 10.1. The predicted molar refractivity (Wildman–Crippen MR) is 74.8 cm³/mol. The lowest BCUT2D eigenvalue weighted by Crippen LogP contribution is -2.23. The number of carbonyl (C=O) groups excluding carboxylic acids is 1. The molecule has 1 amide bonds. The third kappa shape index (κ3) is 5.37. The summed E-state index contributed by atoms with van der Waals surface area (Å²) in [7, 11) is -0.987. The number of rotatable bonds is 4. The Hall–Kier alpha value is -0.743. The molecule has 88 valence electrons. The summed E-state index contributed by atoms with van der Waals surface area (Å²) in [5.74, 6) is -0.0255. The van der Waals surface area contributed by atoms with Crippen LogP contribution in [0, 0.1) is 0 Å². The van der Waals surface area contributed by atoms with Crippen molar-refractivity contribution in [3.8, 4) is 0 Å². The Kier molecular flexibility index (Phi) is 4.62. The largest absolute Gasteiger partial charge is 0.326 e. The van der Waals surface area contributed by atoms with Gasteiger partial charge in [-0.3, -0.25) is 4.79 Å².